The normalized spacial score (nSPS) is 12.9. The number of hydrogen-bond donors (Lipinski definition) is 0. The third-order valence-electron chi connectivity index (χ3n) is 2.25. The van der Waals surface area contributed by atoms with Crippen molar-refractivity contribution in [2.45, 2.75) is 52.4 Å². The van der Waals surface area contributed by atoms with E-state index in [1.807, 2.05) is 0 Å². The molecule has 2 heteroatoms. The molecule has 0 saturated heterocycles. The second-order valence-electron chi connectivity index (χ2n) is 6.02. The maximum atomic E-state index is 5.35. The maximum absolute atomic E-state index is 5.35. The van der Waals surface area contributed by atoms with Gasteiger partial charge in [0.15, 0.2) is 0 Å². The van der Waals surface area contributed by atoms with E-state index in [2.05, 4.69) is 53.7 Å². The average molecular weight is 287 g/mol. The fourth-order valence-electron chi connectivity index (χ4n) is 1.22. The van der Waals surface area contributed by atoms with Gasteiger partial charge in [-0.25, -0.2) is 0 Å². The van der Waals surface area contributed by atoms with Crippen LogP contribution in [0.5, 0.6) is 0 Å². The van der Waals surface area contributed by atoms with Gasteiger partial charge >= 0.3 is 105 Å². The van der Waals surface area contributed by atoms with Crippen LogP contribution in [-0.4, -0.2) is 14.5 Å². The van der Waals surface area contributed by atoms with Crippen LogP contribution in [0.25, 0.3) is 0 Å². The summed E-state index contributed by atoms with van der Waals surface area (Å²) in [5, 5.41) is 0. The molecule has 0 saturated carbocycles. The Morgan fingerprint density at radius 3 is 1.47 bits per heavy atom. The van der Waals surface area contributed by atoms with Gasteiger partial charge in [0, 0.05) is 0 Å². The summed E-state index contributed by atoms with van der Waals surface area (Å²) in [6, 6.07) is 4.40. The van der Waals surface area contributed by atoms with Crippen molar-refractivity contribution in [3.05, 3.63) is 25.5 Å². The minimum atomic E-state index is 0.259. The van der Waals surface area contributed by atoms with Gasteiger partial charge in [-0.3, -0.25) is 0 Å². The monoisotopic (exact) mass is 288 g/mol. The van der Waals surface area contributed by atoms with E-state index < -0.39 is 0 Å². The van der Waals surface area contributed by atoms with Crippen LogP contribution < -0.4 is 0 Å². The van der Waals surface area contributed by atoms with Crippen molar-refractivity contribution in [3.8, 4) is 0 Å². The van der Waals surface area contributed by atoms with Crippen molar-refractivity contribution in [1.82, 2.24) is 0 Å². The third-order valence-corrected chi connectivity index (χ3v) is 6.47. The Balaban J connectivity index is 3.36. The second kappa shape index (κ2) is 4.16. The average Bonchev–Trinajstić information content (AvgIpc) is 1.99. The quantitative estimate of drug-likeness (QED) is 0.512. The first-order valence-electron chi connectivity index (χ1n) is 5.27. The number of rotatable bonds is 0. The molecule has 0 spiro atoms. The molecule has 1 heterocycles. The molecule has 0 aliphatic heterocycles. The Hall–Kier alpha value is 0.0895. The summed E-state index contributed by atoms with van der Waals surface area (Å²) in [5.41, 5.74) is 0.517. The van der Waals surface area contributed by atoms with Crippen LogP contribution >= 0.6 is 12.2 Å². The molecule has 0 amide bonds. The van der Waals surface area contributed by atoms with E-state index >= 15 is 0 Å². The molecule has 0 unspecified atom stereocenters. The molecular weight excluding hydrogens is 267 g/mol. The standard InChI is InChI=1S/C13H20SSe/c1-12(2,3)10-7-9(14)8-11(15-10)13(4,5)6/h7-8H,1-6H3. The van der Waals surface area contributed by atoms with Gasteiger partial charge in [-0.2, -0.15) is 0 Å². The van der Waals surface area contributed by atoms with Crippen molar-refractivity contribution in [1.29, 1.82) is 0 Å². The van der Waals surface area contributed by atoms with E-state index in [1.165, 1.54) is 8.87 Å². The molecule has 0 radical (unpaired) electrons. The first kappa shape index (κ1) is 13.2. The van der Waals surface area contributed by atoms with Gasteiger partial charge in [0.2, 0.25) is 0 Å². The van der Waals surface area contributed by atoms with Gasteiger partial charge in [0.05, 0.1) is 0 Å². The van der Waals surface area contributed by atoms with Crippen molar-refractivity contribution in [2.24, 2.45) is 0 Å². The van der Waals surface area contributed by atoms with Crippen molar-refractivity contribution >= 4 is 26.7 Å². The second-order valence-corrected chi connectivity index (χ2v) is 8.77. The summed E-state index contributed by atoms with van der Waals surface area (Å²) < 4.78 is 4.04. The zero-order valence-electron chi connectivity index (χ0n) is 10.5. The molecular formula is C13H20SSe. The zero-order valence-corrected chi connectivity index (χ0v) is 13.0. The molecule has 0 aliphatic rings. The molecule has 15 heavy (non-hydrogen) atoms. The Morgan fingerprint density at radius 2 is 1.20 bits per heavy atom. The predicted molar refractivity (Wildman–Crippen MR) is 71.6 cm³/mol. The molecule has 1 rings (SSSR count). The van der Waals surface area contributed by atoms with E-state index in [0.29, 0.717) is 14.5 Å². The van der Waals surface area contributed by atoms with Crippen LogP contribution in [0, 0.1) is 4.51 Å². The minimum absolute atomic E-state index is 0.259. The van der Waals surface area contributed by atoms with Gasteiger partial charge in [-0.15, -0.1) is 0 Å². The summed E-state index contributed by atoms with van der Waals surface area (Å²) in [6.45, 7) is 13.6. The number of hydrogen-bond acceptors (Lipinski definition) is 1. The molecule has 0 atom stereocenters. The van der Waals surface area contributed by atoms with Gasteiger partial charge in [-0.05, 0) is 0 Å². The van der Waals surface area contributed by atoms with Crippen LogP contribution in [0.2, 0.25) is 0 Å². The van der Waals surface area contributed by atoms with Crippen molar-refractivity contribution < 1.29 is 0 Å². The van der Waals surface area contributed by atoms with Gasteiger partial charge in [0.25, 0.3) is 0 Å². The zero-order chi connectivity index (χ0) is 11.9. The van der Waals surface area contributed by atoms with E-state index in [1.54, 1.807) is 0 Å². The molecule has 0 N–H and O–H groups in total. The fourth-order valence-corrected chi connectivity index (χ4v) is 4.35. The van der Waals surface area contributed by atoms with Crippen molar-refractivity contribution in [2.75, 3.05) is 0 Å². The molecule has 1 aromatic heterocycles. The van der Waals surface area contributed by atoms with E-state index in [9.17, 15) is 0 Å². The van der Waals surface area contributed by atoms with Gasteiger partial charge in [-0.1, -0.05) is 0 Å². The van der Waals surface area contributed by atoms with E-state index in [4.69, 9.17) is 12.2 Å². The third kappa shape index (κ3) is 3.55. The van der Waals surface area contributed by atoms with Crippen LogP contribution in [0.4, 0.5) is 0 Å². The summed E-state index contributed by atoms with van der Waals surface area (Å²) in [5.74, 6) is 0. The first-order chi connectivity index (χ1) is 6.60. The Morgan fingerprint density at radius 1 is 0.867 bits per heavy atom. The molecule has 0 nitrogen and oxygen atoms in total. The van der Waals surface area contributed by atoms with E-state index in [-0.39, 0.29) is 10.8 Å². The topological polar surface area (TPSA) is 0 Å². The Kier molecular flexibility index (Phi) is 3.65. The van der Waals surface area contributed by atoms with Crippen LogP contribution in [-0.2, 0) is 10.8 Å². The summed E-state index contributed by atoms with van der Waals surface area (Å²) in [6.07, 6.45) is 0. The molecule has 0 fully saturated rings. The molecule has 0 bridgehead atoms. The van der Waals surface area contributed by atoms with Crippen molar-refractivity contribution in [3.63, 3.8) is 0 Å². The Labute approximate surface area is 104 Å². The molecule has 0 aromatic carbocycles. The first-order valence-corrected chi connectivity index (χ1v) is 7.39. The molecule has 0 aliphatic carbocycles. The Bertz CT molecular complexity index is 367. The molecule has 84 valence electrons. The summed E-state index contributed by atoms with van der Waals surface area (Å²) in [4.78, 5) is 0. The van der Waals surface area contributed by atoms with Gasteiger partial charge < -0.3 is 0 Å². The SMILES string of the molecule is CC(C)(C)c1cc(=S)cc(C(C)(C)C)[se]1. The van der Waals surface area contributed by atoms with E-state index in [0.717, 1.165) is 4.51 Å². The van der Waals surface area contributed by atoms with Crippen LogP contribution in [0.3, 0.4) is 0 Å². The summed E-state index contributed by atoms with van der Waals surface area (Å²) >= 11 is 5.83. The van der Waals surface area contributed by atoms with Crippen LogP contribution in [0.1, 0.15) is 50.4 Å². The molecule has 1 aromatic rings. The van der Waals surface area contributed by atoms with Crippen LogP contribution in [0.15, 0.2) is 12.1 Å². The predicted octanol–water partition coefficient (Wildman–Crippen LogP) is 4.07. The fraction of sp³-hybridized carbons (Fsp3) is 0.615. The van der Waals surface area contributed by atoms with Gasteiger partial charge in [0.1, 0.15) is 0 Å². The summed E-state index contributed by atoms with van der Waals surface area (Å²) in [7, 11) is 0.